The van der Waals surface area contributed by atoms with Crippen LogP contribution in [0.4, 0.5) is 0 Å². The van der Waals surface area contributed by atoms with Crippen LogP contribution in [-0.2, 0) is 4.79 Å². The highest BCUT2D eigenvalue weighted by molar-refractivity contribution is 6.33. The molecule has 6 heteroatoms. The lowest BCUT2D eigenvalue weighted by Gasteiger charge is -2.10. The Kier molecular flexibility index (Phi) is 6.00. The molecule has 0 unspecified atom stereocenters. The molecular formula is C17H17ClN2O3. The molecule has 0 aromatic heterocycles. The summed E-state index contributed by atoms with van der Waals surface area (Å²) in [5.74, 6) is -0.0804. The molecule has 23 heavy (non-hydrogen) atoms. The van der Waals surface area contributed by atoms with Crippen molar-refractivity contribution in [2.45, 2.75) is 13.3 Å². The fraction of sp³-hybridized carbons (Fsp3) is 0.176. The average molecular weight is 333 g/mol. The van der Waals surface area contributed by atoms with Gasteiger partial charge in [0.1, 0.15) is 5.75 Å². The van der Waals surface area contributed by atoms with Gasteiger partial charge in [-0.1, -0.05) is 41.9 Å². The number of hydrogen-bond donors (Lipinski definition) is 2. The molecule has 0 radical (unpaired) electrons. The van der Waals surface area contributed by atoms with Gasteiger partial charge in [0, 0.05) is 0 Å². The van der Waals surface area contributed by atoms with Crippen LogP contribution in [0.1, 0.15) is 22.3 Å². The van der Waals surface area contributed by atoms with Gasteiger partial charge in [-0.3, -0.25) is 20.4 Å². The molecule has 0 aliphatic heterocycles. The molecule has 0 atom stereocenters. The number of hydrogen-bond acceptors (Lipinski definition) is 3. The molecule has 2 N–H and O–H groups in total. The number of carbonyl (C=O) groups excluding carboxylic acids is 2. The van der Waals surface area contributed by atoms with Gasteiger partial charge >= 0.3 is 0 Å². The van der Waals surface area contributed by atoms with Gasteiger partial charge in [-0.15, -0.1) is 0 Å². The van der Waals surface area contributed by atoms with Gasteiger partial charge in [0.25, 0.3) is 5.91 Å². The van der Waals surface area contributed by atoms with Crippen LogP contribution in [-0.4, -0.2) is 18.4 Å². The third-order valence-corrected chi connectivity index (χ3v) is 3.44. The summed E-state index contributed by atoms with van der Waals surface area (Å²) in [6.07, 6.45) is 0.122. The van der Waals surface area contributed by atoms with E-state index in [-0.39, 0.29) is 18.9 Å². The molecule has 0 spiro atoms. The molecule has 0 aliphatic carbocycles. The first-order valence-electron chi connectivity index (χ1n) is 7.10. The largest absolute Gasteiger partial charge is 0.493 e. The monoisotopic (exact) mass is 332 g/mol. The van der Waals surface area contributed by atoms with Crippen LogP contribution in [0.25, 0.3) is 0 Å². The molecule has 0 bridgehead atoms. The molecule has 0 heterocycles. The fourth-order valence-corrected chi connectivity index (χ4v) is 2.10. The van der Waals surface area contributed by atoms with Crippen LogP contribution in [0.2, 0.25) is 5.02 Å². The molecule has 2 aromatic rings. The van der Waals surface area contributed by atoms with Crippen molar-refractivity contribution in [2.75, 3.05) is 6.61 Å². The number of carbonyl (C=O) groups is 2. The minimum Gasteiger partial charge on any atom is -0.493 e. The highest BCUT2D eigenvalue weighted by Gasteiger charge is 2.10. The second-order valence-corrected chi connectivity index (χ2v) is 5.25. The Balaban J connectivity index is 1.74. The summed E-state index contributed by atoms with van der Waals surface area (Å²) >= 11 is 5.91. The molecule has 0 aliphatic rings. The maximum Gasteiger partial charge on any atom is 0.271 e. The van der Waals surface area contributed by atoms with Crippen molar-refractivity contribution < 1.29 is 14.3 Å². The van der Waals surface area contributed by atoms with Crippen molar-refractivity contribution in [3.8, 4) is 5.75 Å². The quantitative estimate of drug-likeness (QED) is 0.827. The minimum atomic E-state index is -0.469. The number of halogens is 1. The molecule has 2 aromatic carbocycles. The van der Waals surface area contributed by atoms with Crippen molar-refractivity contribution in [1.29, 1.82) is 0 Å². The summed E-state index contributed by atoms with van der Waals surface area (Å²) in [6, 6.07) is 14.1. The number of para-hydroxylation sites is 1. The highest BCUT2D eigenvalue weighted by atomic mass is 35.5. The van der Waals surface area contributed by atoms with Crippen LogP contribution in [0.5, 0.6) is 5.75 Å². The van der Waals surface area contributed by atoms with E-state index in [2.05, 4.69) is 10.9 Å². The zero-order valence-corrected chi connectivity index (χ0v) is 13.4. The maximum absolute atomic E-state index is 11.9. The van der Waals surface area contributed by atoms with Crippen LogP contribution in [0, 0.1) is 6.92 Å². The van der Waals surface area contributed by atoms with Gasteiger partial charge in [-0.2, -0.15) is 0 Å². The van der Waals surface area contributed by atoms with Gasteiger partial charge in [0.05, 0.1) is 23.6 Å². The Morgan fingerprint density at radius 3 is 2.48 bits per heavy atom. The normalized spacial score (nSPS) is 10.0. The third-order valence-electron chi connectivity index (χ3n) is 3.11. The van der Waals surface area contributed by atoms with E-state index in [9.17, 15) is 9.59 Å². The van der Waals surface area contributed by atoms with Crippen molar-refractivity contribution in [3.05, 3.63) is 64.7 Å². The van der Waals surface area contributed by atoms with Crippen LogP contribution < -0.4 is 15.6 Å². The average Bonchev–Trinajstić information content (AvgIpc) is 2.55. The zero-order chi connectivity index (χ0) is 16.7. The van der Waals surface area contributed by atoms with E-state index in [4.69, 9.17) is 16.3 Å². The summed E-state index contributed by atoms with van der Waals surface area (Å²) in [5, 5.41) is 0.321. The lowest BCUT2D eigenvalue weighted by Crippen LogP contribution is -2.42. The van der Waals surface area contributed by atoms with Gasteiger partial charge in [0.15, 0.2) is 0 Å². The van der Waals surface area contributed by atoms with Gasteiger partial charge in [-0.05, 0) is 30.7 Å². The molecular weight excluding hydrogens is 316 g/mol. The first-order valence-corrected chi connectivity index (χ1v) is 7.48. The third kappa shape index (κ3) is 5.00. The highest BCUT2D eigenvalue weighted by Crippen LogP contribution is 2.16. The predicted molar refractivity (Wildman–Crippen MR) is 88.4 cm³/mol. The number of benzene rings is 2. The predicted octanol–water partition coefficient (Wildman–Crippen LogP) is 2.88. The summed E-state index contributed by atoms with van der Waals surface area (Å²) in [6.45, 7) is 2.15. The lowest BCUT2D eigenvalue weighted by molar-refractivity contribution is -0.122. The Labute approximate surface area is 139 Å². The number of rotatable bonds is 5. The first kappa shape index (κ1) is 16.8. The van der Waals surface area contributed by atoms with E-state index in [1.807, 2.05) is 31.2 Å². The van der Waals surface area contributed by atoms with E-state index in [0.29, 0.717) is 10.6 Å². The fourth-order valence-electron chi connectivity index (χ4n) is 1.87. The Bertz CT molecular complexity index is 704. The molecule has 2 amide bonds. The Morgan fingerprint density at radius 1 is 1.04 bits per heavy atom. The van der Waals surface area contributed by atoms with Gasteiger partial charge in [-0.25, -0.2) is 0 Å². The minimum absolute atomic E-state index is 0.122. The van der Waals surface area contributed by atoms with Crippen molar-refractivity contribution in [3.63, 3.8) is 0 Å². The number of aryl methyl sites for hydroxylation is 1. The van der Waals surface area contributed by atoms with Gasteiger partial charge in [0.2, 0.25) is 5.91 Å². The van der Waals surface area contributed by atoms with Crippen LogP contribution in [0.3, 0.4) is 0 Å². The second kappa shape index (κ2) is 8.19. The number of amides is 2. The van der Waals surface area contributed by atoms with E-state index in [1.54, 1.807) is 24.3 Å². The Hall–Kier alpha value is -2.53. The lowest BCUT2D eigenvalue weighted by atomic mass is 10.2. The topological polar surface area (TPSA) is 67.4 Å². The first-order chi connectivity index (χ1) is 11.1. The van der Waals surface area contributed by atoms with E-state index >= 15 is 0 Å². The maximum atomic E-state index is 11.9. The summed E-state index contributed by atoms with van der Waals surface area (Å²) < 4.78 is 5.52. The summed E-state index contributed by atoms with van der Waals surface area (Å²) in [5.41, 5.74) is 5.95. The van der Waals surface area contributed by atoms with E-state index in [1.165, 1.54) is 0 Å². The standard InChI is InChI=1S/C17H17ClN2O3/c1-12-6-2-5-9-15(12)23-11-10-16(21)19-20-17(22)13-7-3-4-8-14(13)18/h2-9H,10-11H2,1H3,(H,19,21)(H,20,22). The number of ether oxygens (including phenoxy) is 1. The molecule has 0 fully saturated rings. The smallest absolute Gasteiger partial charge is 0.271 e. The van der Waals surface area contributed by atoms with Crippen LogP contribution >= 0.6 is 11.6 Å². The summed E-state index contributed by atoms with van der Waals surface area (Å²) in [4.78, 5) is 23.6. The van der Waals surface area contributed by atoms with Crippen molar-refractivity contribution in [1.82, 2.24) is 10.9 Å². The molecule has 5 nitrogen and oxygen atoms in total. The van der Waals surface area contributed by atoms with E-state index in [0.717, 1.165) is 11.3 Å². The Morgan fingerprint density at radius 2 is 1.74 bits per heavy atom. The van der Waals surface area contributed by atoms with E-state index < -0.39 is 5.91 Å². The van der Waals surface area contributed by atoms with Crippen molar-refractivity contribution in [2.24, 2.45) is 0 Å². The number of hydrazine groups is 1. The summed E-state index contributed by atoms with van der Waals surface area (Å²) in [7, 11) is 0. The zero-order valence-electron chi connectivity index (χ0n) is 12.6. The second-order valence-electron chi connectivity index (χ2n) is 4.85. The molecule has 0 saturated carbocycles. The van der Waals surface area contributed by atoms with Crippen LogP contribution in [0.15, 0.2) is 48.5 Å². The number of nitrogens with one attached hydrogen (secondary N) is 2. The molecule has 2 rings (SSSR count). The van der Waals surface area contributed by atoms with Crippen molar-refractivity contribution >= 4 is 23.4 Å². The molecule has 120 valence electrons. The molecule has 0 saturated heterocycles. The SMILES string of the molecule is Cc1ccccc1OCCC(=O)NNC(=O)c1ccccc1Cl. The van der Waals surface area contributed by atoms with Gasteiger partial charge < -0.3 is 4.74 Å².